The number of ether oxygens (including phenoxy) is 1. The van der Waals surface area contributed by atoms with Gasteiger partial charge in [-0.2, -0.15) is 10.1 Å². The first kappa shape index (κ1) is 17.1. The number of hydrogen-bond donors (Lipinski definition) is 1. The molecule has 0 amide bonds. The Morgan fingerprint density at radius 1 is 1.23 bits per heavy atom. The van der Waals surface area contributed by atoms with Crippen LogP contribution >= 0.6 is 12.4 Å². The molecule has 2 aliphatic rings. The fraction of sp³-hybridized carbons (Fsp3) is 0.389. The van der Waals surface area contributed by atoms with E-state index in [-0.39, 0.29) is 12.4 Å². The molecule has 1 atom stereocenters. The van der Waals surface area contributed by atoms with Crippen molar-refractivity contribution in [2.45, 2.75) is 25.3 Å². The van der Waals surface area contributed by atoms with E-state index in [4.69, 9.17) is 9.26 Å². The molecule has 2 aliphatic heterocycles. The maximum atomic E-state index is 5.54. The third-order valence-electron chi connectivity index (χ3n) is 4.85. The summed E-state index contributed by atoms with van der Waals surface area (Å²) in [6, 6.07) is 8.33. The molecule has 0 spiro atoms. The van der Waals surface area contributed by atoms with E-state index < -0.39 is 0 Å². The second kappa shape index (κ2) is 7.09. The van der Waals surface area contributed by atoms with E-state index in [1.807, 2.05) is 29.1 Å². The average Bonchev–Trinajstić information content (AvgIpc) is 3.40. The molecule has 26 heavy (non-hydrogen) atoms. The third-order valence-corrected chi connectivity index (χ3v) is 4.85. The molecule has 5 rings (SSSR count). The lowest BCUT2D eigenvalue weighted by Crippen LogP contribution is -2.31. The van der Waals surface area contributed by atoms with Gasteiger partial charge in [0.25, 0.3) is 5.89 Å². The van der Waals surface area contributed by atoms with E-state index in [0.717, 1.165) is 43.9 Å². The molecule has 3 aromatic rings. The number of nitrogens with zero attached hydrogens (tertiary/aromatic N) is 4. The standard InChI is InChI=1S/C18H19N5O2.ClH/c1-2-14(11-19-7-1)23-8-5-15(21-23)18-20-17(22-25-18)13-3-4-16-12(10-13)6-9-24-16;/h3-5,8,10,14,19H,1-2,6-7,9,11H2;1H. The Labute approximate surface area is 157 Å². The lowest BCUT2D eigenvalue weighted by molar-refractivity contribution is 0.346. The molecule has 0 saturated carbocycles. The largest absolute Gasteiger partial charge is 0.493 e. The Kier molecular flexibility index (Phi) is 4.65. The van der Waals surface area contributed by atoms with Crippen molar-refractivity contribution in [3.05, 3.63) is 36.0 Å². The monoisotopic (exact) mass is 373 g/mol. The van der Waals surface area contributed by atoms with Gasteiger partial charge in [0.05, 0.1) is 12.6 Å². The molecule has 7 nitrogen and oxygen atoms in total. The summed E-state index contributed by atoms with van der Waals surface area (Å²) in [7, 11) is 0. The van der Waals surface area contributed by atoms with Gasteiger partial charge in [0.1, 0.15) is 5.75 Å². The molecule has 2 aromatic heterocycles. The van der Waals surface area contributed by atoms with Crippen molar-refractivity contribution in [3.8, 4) is 28.7 Å². The predicted octanol–water partition coefficient (Wildman–Crippen LogP) is 2.88. The van der Waals surface area contributed by atoms with Crippen molar-refractivity contribution >= 4 is 12.4 Å². The van der Waals surface area contributed by atoms with Gasteiger partial charge in [-0.15, -0.1) is 12.4 Å². The Bertz CT molecular complexity index is 901. The van der Waals surface area contributed by atoms with Crippen LogP contribution in [0.2, 0.25) is 0 Å². The van der Waals surface area contributed by atoms with E-state index in [1.165, 1.54) is 12.0 Å². The van der Waals surface area contributed by atoms with Crippen LogP contribution in [0.3, 0.4) is 0 Å². The lowest BCUT2D eigenvalue weighted by atomic mass is 10.1. The quantitative estimate of drug-likeness (QED) is 0.760. The average molecular weight is 374 g/mol. The van der Waals surface area contributed by atoms with Gasteiger partial charge in [-0.1, -0.05) is 5.16 Å². The van der Waals surface area contributed by atoms with Crippen molar-refractivity contribution in [1.82, 2.24) is 25.2 Å². The first-order valence-corrected chi connectivity index (χ1v) is 8.73. The van der Waals surface area contributed by atoms with E-state index >= 15 is 0 Å². The summed E-state index contributed by atoms with van der Waals surface area (Å²) in [6.07, 6.45) is 5.23. The number of fused-ring (bicyclic) bond motifs is 1. The zero-order valence-electron chi connectivity index (χ0n) is 14.2. The fourth-order valence-electron chi connectivity index (χ4n) is 3.49. The van der Waals surface area contributed by atoms with Crippen LogP contribution in [0.5, 0.6) is 5.75 Å². The topological polar surface area (TPSA) is 78.0 Å². The first-order chi connectivity index (χ1) is 12.4. The summed E-state index contributed by atoms with van der Waals surface area (Å²) in [5.41, 5.74) is 2.85. The molecular formula is C18H20ClN5O2. The molecule has 4 heterocycles. The van der Waals surface area contributed by atoms with Crippen LogP contribution in [0.15, 0.2) is 35.0 Å². The minimum absolute atomic E-state index is 0. The number of halogens is 1. The Morgan fingerprint density at radius 2 is 2.19 bits per heavy atom. The molecule has 1 N–H and O–H groups in total. The van der Waals surface area contributed by atoms with Crippen molar-refractivity contribution < 1.29 is 9.26 Å². The van der Waals surface area contributed by atoms with Crippen LogP contribution in [0, 0.1) is 0 Å². The second-order valence-electron chi connectivity index (χ2n) is 6.53. The van der Waals surface area contributed by atoms with Crippen molar-refractivity contribution in [2.75, 3.05) is 19.7 Å². The predicted molar refractivity (Wildman–Crippen MR) is 98.5 cm³/mol. The van der Waals surface area contributed by atoms with Gasteiger partial charge >= 0.3 is 0 Å². The lowest BCUT2D eigenvalue weighted by Gasteiger charge is -2.22. The molecule has 1 aromatic carbocycles. The number of benzene rings is 1. The van der Waals surface area contributed by atoms with Gasteiger partial charge in [0.2, 0.25) is 5.82 Å². The minimum atomic E-state index is 0. The molecule has 0 radical (unpaired) electrons. The number of rotatable bonds is 3. The highest BCUT2D eigenvalue weighted by Crippen LogP contribution is 2.30. The number of nitrogens with one attached hydrogen (secondary N) is 1. The summed E-state index contributed by atoms with van der Waals surface area (Å²) in [4.78, 5) is 4.52. The highest BCUT2D eigenvalue weighted by atomic mass is 35.5. The number of hydrogen-bond acceptors (Lipinski definition) is 6. The minimum Gasteiger partial charge on any atom is -0.493 e. The van der Waals surface area contributed by atoms with Crippen LogP contribution in [-0.2, 0) is 6.42 Å². The highest BCUT2D eigenvalue weighted by molar-refractivity contribution is 5.85. The van der Waals surface area contributed by atoms with E-state index in [9.17, 15) is 0 Å². The zero-order valence-corrected chi connectivity index (χ0v) is 15.0. The van der Waals surface area contributed by atoms with Gasteiger partial charge in [0.15, 0.2) is 5.69 Å². The molecule has 136 valence electrons. The second-order valence-corrected chi connectivity index (χ2v) is 6.53. The highest BCUT2D eigenvalue weighted by Gasteiger charge is 2.19. The van der Waals surface area contributed by atoms with E-state index in [0.29, 0.717) is 23.5 Å². The van der Waals surface area contributed by atoms with Gasteiger partial charge < -0.3 is 14.6 Å². The summed E-state index contributed by atoms with van der Waals surface area (Å²) >= 11 is 0. The van der Waals surface area contributed by atoms with Crippen molar-refractivity contribution in [3.63, 3.8) is 0 Å². The van der Waals surface area contributed by atoms with Crippen LogP contribution in [-0.4, -0.2) is 39.6 Å². The molecule has 1 fully saturated rings. The number of piperidine rings is 1. The number of aromatic nitrogens is 4. The smallest absolute Gasteiger partial charge is 0.278 e. The summed E-state index contributed by atoms with van der Waals surface area (Å²) in [6.45, 7) is 2.78. The van der Waals surface area contributed by atoms with Gasteiger partial charge in [-0.3, -0.25) is 4.68 Å². The van der Waals surface area contributed by atoms with Gasteiger partial charge in [0, 0.05) is 24.7 Å². The van der Waals surface area contributed by atoms with Gasteiger partial charge in [-0.05, 0) is 49.2 Å². The third kappa shape index (κ3) is 3.08. The Balaban J connectivity index is 0.00000168. The summed E-state index contributed by atoms with van der Waals surface area (Å²) in [5.74, 6) is 1.99. The van der Waals surface area contributed by atoms with Crippen LogP contribution in [0.4, 0.5) is 0 Å². The molecule has 0 aliphatic carbocycles. The Morgan fingerprint density at radius 3 is 3.08 bits per heavy atom. The van der Waals surface area contributed by atoms with E-state index in [2.05, 4.69) is 26.6 Å². The molecule has 1 unspecified atom stereocenters. The molecule has 0 bridgehead atoms. The van der Waals surface area contributed by atoms with Crippen LogP contribution in [0.25, 0.3) is 23.0 Å². The zero-order chi connectivity index (χ0) is 16.6. The summed E-state index contributed by atoms with van der Waals surface area (Å²) < 4.78 is 13.0. The Hall–Kier alpha value is -2.38. The maximum absolute atomic E-state index is 5.54. The summed E-state index contributed by atoms with van der Waals surface area (Å²) in [5, 5.41) is 12.2. The van der Waals surface area contributed by atoms with Crippen molar-refractivity contribution in [1.29, 1.82) is 0 Å². The maximum Gasteiger partial charge on any atom is 0.278 e. The molecular weight excluding hydrogens is 354 g/mol. The van der Waals surface area contributed by atoms with E-state index in [1.54, 1.807) is 0 Å². The molecule has 8 heteroatoms. The van der Waals surface area contributed by atoms with Crippen LogP contribution in [0.1, 0.15) is 24.4 Å². The van der Waals surface area contributed by atoms with Crippen molar-refractivity contribution in [2.24, 2.45) is 0 Å². The van der Waals surface area contributed by atoms with Gasteiger partial charge in [-0.25, -0.2) is 0 Å². The normalized spacial score (nSPS) is 18.8. The molecule has 1 saturated heterocycles. The van der Waals surface area contributed by atoms with Crippen LogP contribution < -0.4 is 10.1 Å². The SMILES string of the molecule is Cl.c1cc2c(cc1-c1noc(-c3ccn(C4CCCNC4)n3)n1)CCO2. The first-order valence-electron chi connectivity index (χ1n) is 8.73. The fourth-order valence-corrected chi connectivity index (χ4v) is 3.49.